The van der Waals surface area contributed by atoms with Crippen molar-refractivity contribution in [3.05, 3.63) is 53.1 Å². The normalized spacial score (nSPS) is 14.9. The zero-order chi connectivity index (χ0) is 20.6. The molecule has 6 nitrogen and oxygen atoms in total. The molecule has 0 saturated heterocycles. The lowest BCUT2D eigenvalue weighted by Gasteiger charge is -2.23. The molecule has 0 unspecified atom stereocenters. The first-order valence-electron chi connectivity index (χ1n) is 9.22. The van der Waals surface area contributed by atoms with Crippen LogP contribution in [0.15, 0.2) is 41.3 Å². The summed E-state index contributed by atoms with van der Waals surface area (Å²) in [4.78, 5) is 14.9. The Bertz CT molecular complexity index is 1020. The van der Waals surface area contributed by atoms with Gasteiger partial charge in [-0.2, -0.15) is 0 Å². The molecule has 28 heavy (non-hydrogen) atoms. The van der Waals surface area contributed by atoms with Crippen LogP contribution >= 0.6 is 0 Å². The number of ether oxygens (including phenoxy) is 1. The second kappa shape index (κ2) is 7.56. The lowest BCUT2D eigenvalue weighted by atomic mass is 10.1. The summed E-state index contributed by atoms with van der Waals surface area (Å²) in [6.07, 6.45) is -0.0229. The molecule has 1 atom stereocenters. The zero-order valence-electron chi connectivity index (χ0n) is 16.9. The highest BCUT2D eigenvalue weighted by Crippen LogP contribution is 2.32. The predicted molar refractivity (Wildman–Crippen MR) is 109 cm³/mol. The number of nitrogens with zero attached hydrogens (tertiary/aromatic N) is 2. The van der Waals surface area contributed by atoms with Gasteiger partial charge in [0.1, 0.15) is 5.75 Å². The highest BCUT2D eigenvalue weighted by molar-refractivity contribution is 7.89. The van der Waals surface area contributed by atoms with E-state index in [-0.39, 0.29) is 10.8 Å². The van der Waals surface area contributed by atoms with Crippen LogP contribution < -0.4 is 9.64 Å². The topological polar surface area (TPSA) is 66.9 Å². The molecule has 2 aromatic rings. The van der Waals surface area contributed by atoms with Crippen molar-refractivity contribution in [2.45, 2.75) is 38.2 Å². The minimum Gasteiger partial charge on any atom is -0.481 e. The van der Waals surface area contributed by atoms with Gasteiger partial charge in [-0.3, -0.25) is 4.79 Å². The fourth-order valence-electron chi connectivity index (χ4n) is 3.29. The van der Waals surface area contributed by atoms with Gasteiger partial charge in [-0.1, -0.05) is 12.1 Å². The van der Waals surface area contributed by atoms with E-state index < -0.39 is 16.1 Å². The van der Waals surface area contributed by atoms with Gasteiger partial charge in [0, 0.05) is 26.3 Å². The van der Waals surface area contributed by atoms with Gasteiger partial charge < -0.3 is 9.64 Å². The number of rotatable bonds is 5. The number of aryl methyl sites for hydroxylation is 1. The molecular weight excluding hydrogens is 376 g/mol. The van der Waals surface area contributed by atoms with Crippen LogP contribution in [-0.2, 0) is 21.2 Å². The summed E-state index contributed by atoms with van der Waals surface area (Å²) < 4.78 is 31.8. The molecule has 0 radical (unpaired) electrons. The molecular formula is C21H26N2O4S. The third-order valence-electron chi connectivity index (χ3n) is 5.20. The van der Waals surface area contributed by atoms with Crippen molar-refractivity contribution in [3.63, 3.8) is 0 Å². The third kappa shape index (κ3) is 3.64. The molecule has 0 fully saturated rings. The van der Waals surface area contributed by atoms with Crippen molar-refractivity contribution < 1.29 is 17.9 Å². The number of hydrogen-bond acceptors (Lipinski definition) is 4. The first-order chi connectivity index (χ1) is 13.1. The Labute approximate surface area is 166 Å². The van der Waals surface area contributed by atoms with E-state index in [1.54, 1.807) is 30.0 Å². The SMILES string of the molecule is Cc1cccc(O[C@@H](C)C(=O)N2CCc3cc(S(=O)(=O)N(C)C)ccc32)c1C. The molecule has 1 aliphatic heterocycles. The lowest BCUT2D eigenvalue weighted by molar-refractivity contribution is -0.124. The van der Waals surface area contributed by atoms with E-state index in [1.165, 1.54) is 18.4 Å². The quantitative estimate of drug-likeness (QED) is 0.771. The highest BCUT2D eigenvalue weighted by Gasteiger charge is 2.30. The standard InChI is InChI=1S/C21H26N2O4S/c1-14-7-6-8-20(15(14)2)27-16(3)21(24)23-12-11-17-13-18(9-10-19(17)23)28(25,26)22(4)5/h6-10,13,16H,11-12H2,1-5H3/t16-/m0/s1. The number of sulfonamides is 1. The largest absolute Gasteiger partial charge is 0.481 e. The van der Waals surface area contributed by atoms with Gasteiger partial charge >= 0.3 is 0 Å². The van der Waals surface area contributed by atoms with Crippen LogP contribution in [0.4, 0.5) is 5.69 Å². The molecule has 1 heterocycles. The Hall–Kier alpha value is -2.38. The fraction of sp³-hybridized carbons (Fsp3) is 0.381. The summed E-state index contributed by atoms with van der Waals surface area (Å²) in [7, 11) is -0.488. The van der Waals surface area contributed by atoms with Gasteiger partial charge in [-0.25, -0.2) is 12.7 Å². The fourth-order valence-corrected chi connectivity index (χ4v) is 4.24. The third-order valence-corrected chi connectivity index (χ3v) is 7.01. The van der Waals surface area contributed by atoms with Crippen molar-refractivity contribution in [2.24, 2.45) is 0 Å². The van der Waals surface area contributed by atoms with Crippen molar-refractivity contribution in [3.8, 4) is 5.75 Å². The number of carbonyl (C=O) groups is 1. The van der Waals surface area contributed by atoms with Crippen LogP contribution in [0, 0.1) is 13.8 Å². The minimum absolute atomic E-state index is 0.136. The highest BCUT2D eigenvalue weighted by atomic mass is 32.2. The van der Waals surface area contributed by atoms with Crippen molar-refractivity contribution in [1.82, 2.24) is 4.31 Å². The van der Waals surface area contributed by atoms with Gasteiger partial charge in [0.25, 0.3) is 5.91 Å². The van der Waals surface area contributed by atoms with E-state index in [9.17, 15) is 13.2 Å². The Kier molecular flexibility index (Phi) is 5.50. The number of anilines is 1. The maximum absolute atomic E-state index is 13.0. The summed E-state index contributed by atoms with van der Waals surface area (Å²) in [5.74, 6) is 0.565. The van der Waals surface area contributed by atoms with E-state index in [0.717, 1.165) is 22.4 Å². The van der Waals surface area contributed by atoms with Gasteiger partial charge in [-0.15, -0.1) is 0 Å². The van der Waals surface area contributed by atoms with Crippen LogP contribution in [0.2, 0.25) is 0 Å². The molecule has 0 aromatic heterocycles. The van der Waals surface area contributed by atoms with Crippen LogP contribution in [-0.4, -0.2) is 45.4 Å². The van der Waals surface area contributed by atoms with Crippen molar-refractivity contribution in [1.29, 1.82) is 0 Å². The Morgan fingerprint density at radius 3 is 2.57 bits per heavy atom. The number of fused-ring (bicyclic) bond motifs is 1. The van der Waals surface area contributed by atoms with E-state index in [2.05, 4.69) is 0 Å². The molecule has 2 aromatic carbocycles. The molecule has 7 heteroatoms. The van der Waals surface area contributed by atoms with Gasteiger partial charge in [0.2, 0.25) is 10.0 Å². The summed E-state index contributed by atoms with van der Waals surface area (Å²) in [5, 5.41) is 0. The Morgan fingerprint density at radius 2 is 1.89 bits per heavy atom. The number of carbonyl (C=O) groups excluding carboxylic acids is 1. The molecule has 150 valence electrons. The summed E-state index contributed by atoms with van der Waals surface area (Å²) in [5.41, 5.74) is 3.73. The Balaban J connectivity index is 1.81. The summed E-state index contributed by atoms with van der Waals surface area (Å²) in [6.45, 7) is 6.23. The number of hydrogen-bond donors (Lipinski definition) is 0. The zero-order valence-corrected chi connectivity index (χ0v) is 17.7. The van der Waals surface area contributed by atoms with Crippen LogP contribution in [0.5, 0.6) is 5.75 Å². The van der Waals surface area contributed by atoms with E-state index in [4.69, 9.17) is 4.74 Å². The monoisotopic (exact) mass is 402 g/mol. The molecule has 1 aliphatic rings. The van der Waals surface area contributed by atoms with Crippen LogP contribution in [0.1, 0.15) is 23.6 Å². The number of benzene rings is 2. The molecule has 0 saturated carbocycles. The van der Waals surface area contributed by atoms with E-state index in [1.807, 2.05) is 32.0 Å². The summed E-state index contributed by atoms with van der Waals surface area (Å²) >= 11 is 0. The van der Waals surface area contributed by atoms with Gasteiger partial charge in [0.05, 0.1) is 4.90 Å². The first-order valence-corrected chi connectivity index (χ1v) is 10.7. The molecule has 0 aliphatic carbocycles. The van der Waals surface area contributed by atoms with Gasteiger partial charge in [-0.05, 0) is 68.1 Å². The molecule has 0 bridgehead atoms. The Morgan fingerprint density at radius 1 is 1.18 bits per heavy atom. The lowest BCUT2D eigenvalue weighted by Crippen LogP contribution is -2.39. The maximum atomic E-state index is 13.0. The average molecular weight is 403 g/mol. The predicted octanol–water partition coefficient (Wildman–Crippen LogP) is 2.91. The minimum atomic E-state index is -3.50. The van der Waals surface area contributed by atoms with Crippen molar-refractivity contribution in [2.75, 3.05) is 25.5 Å². The molecule has 1 amide bonds. The first kappa shape index (κ1) is 20.4. The molecule has 0 spiro atoms. The maximum Gasteiger partial charge on any atom is 0.267 e. The molecule has 3 rings (SSSR count). The summed E-state index contributed by atoms with van der Waals surface area (Å²) in [6, 6.07) is 10.7. The smallest absolute Gasteiger partial charge is 0.267 e. The second-order valence-corrected chi connectivity index (χ2v) is 9.43. The van der Waals surface area contributed by atoms with Crippen LogP contribution in [0.25, 0.3) is 0 Å². The molecule has 0 N–H and O–H groups in total. The van der Waals surface area contributed by atoms with E-state index >= 15 is 0 Å². The van der Waals surface area contributed by atoms with Crippen molar-refractivity contribution >= 4 is 21.6 Å². The second-order valence-electron chi connectivity index (χ2n) is 7.28. The number of amides is 1. The van der Waals surface area contributed by atoms with Gasteiger partial charge in [0.15, 0.2) is 6.10 Å². The average Bonchev–Trinajstić information content (AvgIpc) is 3.07. The van der Waals surface area contributed by atoms with Crippen LogP contribution in [0.3, 0.4) is 0 Å². The van der Waals surface area contributed by atoms with E-state index in [0.29, 0.717) is 18.7 Å².